The smallest absolute Gasteiger partial charge is 0.224 e. The van der Waals surface area contributed by atoms with Crippen molar-refractivity contribution in [1.29, 1.82) is 0 Å². The Labute approximate surface area is 198 Å². The van der Waals surface area contributed by atoms with Gasteiger partial charge in [-0.15, -0.1) is 11.3 Å². The van der Waals surface area contributed by atoms with E-state index in [2.05, 4.69) is 45.6 Å². The van der Waals surface area contributed by atoms with Crippen molar-refractivity contribution in [3.05, 3.63) is 82.3 Å². The van der Waals surface area contributed by atoms with E-state index in [1.807, 2.05) is 18.2 Å². The van der Waals surface area contributed by atoms with Gasteiger partial charge in [-0.2, -0.15) is 0 Å². The van der Waals surface area contributed by atoms with Crippen LogP contribution in [0.5, 0.6) is 5.75 Å². The van der Waals surface area contributed by atoms with Crippen LogP contribution in [0.4, 0.5) is 10.1 Å². The summed E-state index contributed by atoms with van der Waals surface area (Å²) in [6.45, 7) is 5.62. The molecule has 1 aliphatic heterocycles. The molecule has 1 aliphatic rings. The first-order valence-electron chi connectivity index (χ1n) is 11.2. The third-order valence-corrected chi connectivity index (χ3v) is 7.05. The average Bonchev–Trinajstić information content (AvgIpc) is 3.35. The molecule has 2 aromatic carbocycles. The third-order valence-electron chi connectivity index (χ3n) is 6.11. The molecule has 1 fully saturated rings. The molecule has 0 bridgehead atoms. The van der Waals surface area contributed by atoms with Crippen molar-refractivity contribution < 1.29 is 13.9 Å². The molecular weight excluding hydrogens is 437 g/mol. The molecule has 7 heteroatoms. The van der Waals surface area contributed by atoms with Crippen molar-refractivity contribution in [3.8, 4) is 5.75 Å². The highest BCUT2D eigenvalue weighted by Crippen LogP contribution is 2.32. The molecule has 0 aliphatic carbocycles. The van der Waals surface area contributed by atoms with E-state index in [0.29, 0.717) is 0 Å². The Morgan fingerprint density at radius 3 is 2.45 bits per heavy atom. The number of carbonyl (C=O) groups is 1. The molecule has 2 heterocycles. The number of nitrogens with one attached hydrogen (secondary N) is 1. The van der Waals surface area contributed by atoms with Crippen LogP contribution in [0.15, 0.2) is 66.0 Å². The molecule has 33 heavy (non-hydrogen) atoms. The number of benzene rings is 2. The van der Waals surface area contributed by atoms with Crippen LogP contribution in [0.3, 0.4) is 0 Å². The van der Waals surface area contributed by atoms with E-state index in [0.717, 1.165) is 43.2 Å². The number of carbonyl (C=O) groups excluding carboxylic acids is 1. The van der Waals surface area contributed by atoms with Gasteiger partial charge < -0.3 is 15.0 Å². The van der Waals surface area contributed by atoms with Gasteiger partial charge in [0.1, 0.15) is 11.6 Å². The first-order chi connectivity index (χ1) is 16.0. The Morgan fingerprint density at radius 2 is 1.79 bits per heavy atom. The number of nitrogens with zero attached hydrogens (tertiary/aromatic N) is 2. The zero-order chi connectivity index (χ0) is 23.2. The van der Waals surface area contributed by atoms with Gasteiger partial charge in [-0.3, -0.25) is 9.69 Å². The van der Waals surface area contributed by atoms with E-state index in [1.165, 1.54) is 17.0 Å². The Balaban J connectivity index is 1.42. The molecule has 1 aromatic heterocycles. The van der Waals surface area contributed by atoms with E-state index >= 15 is 0 Å². The zero-order valence-corrected chi connectivity index (χ0v) is 19.9. The van der Waals surface area contributed by atoms with Crippen LogP contribution in [0.25, 0.3) is 0 Å². The standard InChI is InChI=1S/C26H30FN3O2S/c1-19(28-25(31)18-20-9-11-21(27)12-10-20)26(24-8-5-17-33-24)30-15-13-29(14-16-30)22-6-3-4-7-23(22)32-2/h3-12,17,19,26H,13-16,18H2,1-2H3,(H,28,31). The molecule has 1 N–H and O–H groups in total. The molecule has 0 saturated carbocycles. The van der Waals surface area contributed by atoms with E-state index in [1.54, 1.807) is 30.6 Å². The van der Waals surface area contributed by atoms with Crippen molar-refractivity contribution >= 4 is 22.9 Å². The quantitative estimate of drug-likeness (QED) is 0.530. The molecule has 5 nitrogen and oxygen atoms in total. The minimum atomic E-state index is -0.294. The number of rotatable bonds is 8. The van der Waals surface area contributed by atoms with Gasteiger partial charge >= 0.3 is 0 Å². The molecule has 4 rings (SSSR count). The van der Waals surface area contributed by atoms with Crippen LogP contribution in [0.2, 0.25) is 0 Å². The molecule has 2 atom stereocenters. The molecule has 1 saturated heterocycles. The monoisotopic (exact) mass is 467 g/mol. The minimum absolute atomic E-state index is 0.0525. The summed E-state index contributed by atoms with van der Waals surface area (Å²) in [4.78, 5) is 18.8. The second-order valence-corrected chi connectivity index (χ2v) is 9.29. The lowest BCUT2D eigenvalue weighted by Gasteiger charge is -2.42. The number of para-hydroxylation sites is 2. The third kappa shape index (κ3) is 5.72. The number of hydrogen-bond donors (Lipinski definition) is 1. The summed E-state index contributed by atoms with van der Waals surface area (Å²) in [5.41, 5.74) is 1.92. The molecule has 0 radical (unpaired) electrons. The van der Waals surface area contributed by atoms with Gasteiger partial charge in [-0.1, -0.05) is 30.3 Å². The Kier molecular flexibility index (Phi) is 7.62. The normalized spacial score (nSPS) is 16.3. The number of halogens is 1. The number of thiophene rings is 1. The van der Waals surface area contributed by atoms with Gasteiger partial charge in [0.05, 0.1) is 25.3 Å². The van der Waals surface area contributed by atoms with Crippen molar-refractivity contribution in [2.45, 2.75) is 25.4 Å². The second-order valence-electron chi connectivity index (χ2n) is 8.31. The molecule has 1 amide bonds. The number of amides is 1. The Bertz CT molecular complexity index is 1030. The molecule has 0 spiro atoms. The van der Waals surface area contributed by atoms with Gasteiger partial charge in [0, 0.05) is 37.1 Å². The molecule has 174 valence electrons. The molecule has 2 unspecified atom stereocenters. The van der Waals surface area contributed by atoms with E-state index in [4.69, 9.17) is 4.74 Å². The molecular formula is C26H30FN3O2S. The van der Waals surface area contributed by atoms with Crippen molar-refractivity contribution in [2.24, 2.45) is 0 Å². The number of methoxy groups -OCH3 is 1. The summed E-state index contributed by atoms with van der Waals surface area (Å²) in [7, 11) is 1.71. The zero-order valence-electron chi connectivity index (χ0n) is 19.0. The predicted octanol–water partition coefficient (Wildman–Crippen LogP) is 4.51. The summed E-state index contributed by atoms with van der Waals surface area (Å²) in [6.07, 6.45) is 0.239. The van der Waals surface area contributed by atoms with Gasteiger partial charge in [-0.05, 0) is 48.2 Å². The van der Waals surface area contributed by atoms with Crippen LogP contribution in [-0.2, 0) is 11.2 Å². The van der Waals surface area contributed by atoms with Crippen LogP contribution in [-0.4, -0.2) is 50.1 Å². The van der Waals surface area contributed by atoms with Gasteiger partial charge in [0.2, 0.25) is 5.91 Å². The van der Waals surface area contributed by atoms with Crippen LogP contribution < -0.4 is 15.0 Å². The molecule has 3 aromatic rings. The fourth-order valence-corrected chi connectivity index (χ4v) is 5.47. The first kappa shape index (κ1) is 23.3. The van der Waals surface area contributed by atoms with Crippen molar-refractivity contribution in [3.63, 3.8) is 0 Å². The highest BCUT2D eigenvalue weighted by molar-refractivity contribution is 7.10. The maximum atomic E-state index is 13.2. The fourth-order valence-electron chi connectivity index (χ4n) is 4.51. The van der Waals surface area contributed by atoms with Crippen molar-refractivity contribution in [1.82, 2.24) is 10.2 Å². The van der Waals surface area contributed by atoms with Gasteiger partial charge in [0.25, 0.3) is 0 Å². The number of anilines is 1. The first-order valence-corrected chi connectivity index (χ1v) is 12.1. The number of piperazine rings is 1. The lowest BCUT2D eigenvalue weighted by Crippen LogP contribution is -2.52. The lowest BCUT2D eigenvalue weighted by atomic mass is 10.0. The minimum Gasteiger partial charge on any atom is -0.495 e. The highest BCUT2D eigenvalue weighted by atomic mass is 32.1. The summed E-state index contributed by atoms with van der Waals surface area (Å²) in [5, 5.41) is 5.27. The maximum absolute atomic E-state index is 13.2. The number of ether oxygens (including phenoxy) is 1. The average molecular weight is 468 g/mol. The van der Waals surface area contributed by atoms with Crippen LogP contribution in [0, 0.1) is 5.82 Å². The lowest BCUT2D eigenvalue weighted by molar-refractivity contribution is -0.121. The van der Waals surface area contributed by atoms with Crippen LogP contribution >= 0.6 is 11.3 Å². The predicted molar refractivity (Wildman–Crippen MR) is 132 cm³/mol. The SMILES string of the molecule is COc1ccccc1N1CCN(C(c2cccs2)C(C)NC(=O)Cc2ccc(F)cc2)CC1. The van der Waals surface area contributed by atoms with Crippen molar-refractivity contribution in [2.75, 3.05) is 38.2 Å². The van der Waals surface area contributed by atoms with E-state index in [9.17, 15) is 9.18 Å². The largest absolute Gasteiger partial charge is 0.495 e. The second kappa shape index (κ2) is 10.8. The maximum Gasteiger partial charge on any atom is 0.224 e. The van der Waals surface area contributed by atoms with E-state index in [-0.39, 0.29) is 30.2 Å². The Morgan fingerprint density at radius 1 is 1.06 bits per heavy atom. The summed E-state index contributed by atoms with van der Waals surface area (Å²) in [5.74, 6) is 0.544. The van der Waals surface area contributed by atoms with Gasteiger partial charge in [0.15, 0.2) is 0 Å². The van der Waals surface area contributed by atoms with Crippen LogP contribution in [0.1, 0.15) is 23.4 Å². The Hall–Kier alpha value is -2.90. The summed E-state index contributed by atoms with van der Waals surface area (Å²) in [6, 6.07) is 18.5. The summed E-state index contributed by atoms with van der Waals surface area (Å²) < 4.78 is 18.7. The topological polar surface area (TPSA) is 44.8 Å². The number of hydrogen-bond acceptors (Lipinski definition) is 5. The van der Waals surface area contributed by atoms with Gasteiger partial charge in [-0.25, -0.2) is 4.39 Å². The van der Waals surface area contributed by atoms with E-state index < -0.39 is 0 Å². The summed E-state index contributed by atoms with van der Waals surface area (Å²) >= 11 is 1.72. The highest BCUT2D eigenvalue weighted by Gasteiger charge is 2.31. The fraction of sp³-hybridized carbons (Fsp3) is 0.346.